The van der Waals surface area contributed by atoms with Crippen molar-refractivity contribution in [3.05, 3.63) is 42.2 Å². The van der Waals surface area contributed by atoms with Gasteiger partial charge in [0.25, 0.3) is 0 Å². The molecule has 4 unspecified atom stereocenters. The molecule has 4 rings (SSSR count). The average Bonchev–Trinajstić information content (AvgIpc) is 2.62. The number of carbonyl (C=O) groups excluding carboxylic acids is 1. The van der Waals surface area contributed by atoms with Gasteiger partial charge in [-0.15, -0.1) is 0 Å². The molecular weight excluding hydrogens is 314 g/mol. The summed E-state index contributed by atoms with van der Waals surface area (Å²) in [7, 11) is 0. The number of hydrogen-bond acceptors (Lipinski definition) is 4. The molecule has 1 aromatic carbocycles. The molecule has 3 aliphatic rings. The van der Waals surface area contributed by atoms with Crippen LogP contribution in [0.3, 0.4) is 0 Å². The highest BCUT2D eigenvalue weighted by atomic mass is 16.5. The lowest BCUT2D eigenvalue weighted by Gasteiger charge is -2.48. The van der Waals surface area contributed by atoms with Crippen LogP contribution in [0.4, 0.5) is 0 Å². The molecule has 4 nitrogen and oxygen atoms in total. The smallest absolute Gasteiger partial charge is 0.173 e. The Balaban J connectivity index is 1.54. The standard InChI is InChI=1S/C21H27NO3/c1-14(2)10-22-11-17-19(25-13-22)9-8-16-20(23)18(12-24-21(16)17)15-6-4-3-5-7-15/h3-7,12,14,16-17,19,21H,8-11,13H2,1-2H3. The molecular formula is C21H27NO3. The van der Waals surface area contributed by atoms with Gasteiger partial charge in [-0.05, 0) is 24.3 Å². The summed E-state index contributed by atoms with van der Waals surface area (Å²) < 4.78 is 12.3. The largest absolute Gasteiger partial charge is 0.496 e. The molecule has 2 fully saturated rings. The van der Waals surface area contributed by atoms with E-state index in [1.54, 1.807) is 6.26 Å². The van der Waals surface area contributed by atoms with Crippen LogP contribution in [0, 0.1) is 17.8 Å². The van der Waals surface area contributed by atoms with Gasteiger partial charge >= 0.3 is 0 Å². The van der Waals surface area contributed by atoms with E-state index in [1.807, 2.05) is 30.3 Å². The number of fused-ring (bicyclic) bond motifs is 3. The summed E-state index contributed by atoms with van der Waals surface area (Å²) in [5.74, 6) is 1.09. The second-order valence-electron chi connectivity index (χ2n) is 7.97. The summed E-state index contributed by atoms with van der Waals surface area (Å²) >= 11 is 0. The van der Waals surface area contributed by atoms with Crippen molar-refractivity contribution < 1.29 is 14.3 Å². The molecule has 1 aromatic rings. The van der Waals surface area contributed by atoms with E-state index in [0.717, 1.165) is 37.1 Å². The highest BCUT2D eigenvalue weighted by molar-refractivity contribution is 6.22. The SMILES string of the molecule is CC(C)CN1COC2CCC3C(=O)C(c4ccccc4)=COC3C2C1. The lowest BCUT2D eigenvalue weighted by Crippen LogP contribution is -2.56. The third-order valence-electron chi connectivity index (χ3n) is 5.65. The quantitative estimate of drug-likeness (QED) is 0.845. The number of ketones is 1. The first-order chi connectivity index (χ1) is 12.1. The Morgan fingerprint density at radius 1 is 1.20 bits per heavy atom. The average molecular weight is 341 g/mol. The van der Waals surface area contributed by atoms with Crippen LogP contribution in [0.5, 0.6) is 0 Å². The van der Waals surface area contributed by atoms with Crippen molar-refractivity contribution in [2.45, 2.75) is 38.9 Å². The molecule has 2 heterocycles. The van der Waals surface area contributed by atoms with E-state index in [2.05, 4.69) is 18.7 Å². The third kappa shape index (κ3) is 3.25. The van der Waals surface area contributed by atoms with Crippen molar-refractivity contribution in [2.75, 3.05) is 19.8 Å². The predicted octanol–water partition coefficient (Wildman–Crippen LogP) is 3.34. The fourth-order valence-corrected chi connectivity index (χ4v) is 4.56. The first-order valence-corrected chi connectivity index (χ1v) is 9.42. The maximum atomic E-state index is 13.1. The van der Waals surface area contributed by atoms with Crippen LogP contribution in [0.25, 0.3) is 5.57 Å². The molecule has 4 atom stereocenters. The summed E-state index contributed by atoms with van der Waals surface area (Å²) in [6.45, 7) is 7.15. The van der Waals surface area contributed by atoms with Gasteiger partial charge in [-0.1, -0.05) is 44.2 Å². The molecule has 0 bridgehead atoms. The van der Waals surface area contributed by atoms with E-state index in [4.69, 9.17) is 9.47 Å². The normalized spacial score (nSPS) is 32.6. The monoisotopic (exact) mass is 341 g/mol. The van der Waals surface area contributed by atoms with Crippen LogP contribution in [-0.4, -0.2) is 42.7 Å². The van der Waals surface area contributed by atoms with Crippen molar-refractivity contribution in [1.29, 1.82) is 0 Å². The number of benzene rings is 1. The third-order valence-corrected chi connectivity index (χ3v) is 5.65. The molecule has 0 spiro atoms. The van der Waals surface area contributed by atoms with E-state index in [1.165, 1.54) is 0 Å². The van der Waals surface area contributed by atoms with Gasteiger partial charge < -0.3 is 9.47 Å². The first kappa shape index (κ1) is 16.8. The Morgan fingerprint density at radius 2 is 2.00 bits per heavy atom. The van der Waals surface area contributed by atoms with Crippen molar-refractivity contribution in [1.82, 2.24) is 4.90 Å². The summed E-state index contributed by atoms with van der Waals surface area (Å²) in [6, 6.07) is 9.85. The van der Waals surface area contributed by atoms with E-state index >= 15 is 0 Å². The zero-order valence-corrected chi connectivity index (χ0v) is 15.1. The molecule has 0 N–H and O–H groups in total. The minimum Gasteiger partial charge on any atom is -0.496 e. The fourth-order valence-electron chi connectivity index (χ4n) is 4.56. The van der Waals surface area contributed by atoms with Gasteiger partial charge in [0.05, 0.1) is 30.6 Å². The number of allylic oxidation sites excluding steroid dienone is 1. The fraction of sp³-hybridized carbons (Fsp3) is 0.571. The van der Waals surface area contributed by atoms with Gasteiger partial charge in [-0.2, -0.15) is 0 Å². The van der Waals surface area contributed by atoms with Gasteiger partial charge in [0.15, 0.2) is 5.78 Å². The van der Waals surface area contributed by atoms with Crippen LogP contribution >= 0.6 is 0 Å². The van der Waals surface area contributed by atoms with Gasteiger partial charge in [0.2, 0.25) is 0 Å². The first-order valence-electron chi connectivity index (χ1n) is 9.42. The Kier molecular flexibility index (Phi) is 4.65. The minimum atomic E-state index is -0.0475. The second-order valence-corrected chi connectivity index (χ2v) is 7.97. The van der Waals surface area contributed by atoms with Crippen molar-refractivity contribution >= 4 is 11.4 Å². The van der Waals surface area contributed by atoms with E-state index in [0.29, 0.717) is 12.6 Å². The Bertz CT molecular complexity index is 654. The van der Waals surface area contributed by atoms with E-state index < -0.39 is 0 Å². The molecule has 1 aliphatic carbocycles. The molecule has 0 aromatic heterocycles. The van der Waals surface area contributed by atoms with Crippen LogP contribution in [0.2, 0.25) is 0 Å². The Morgan fingerprint density at radius 3 is 2.76 bits per heavy atom. The van der Waals surface area contributed by atoms with Gasteiger partial charge in [0, 0.05) is 19.0 Å². The molecule has 0 amide bonds. The number of rotatable bonds is 3. The number of Topliss-reactive ketones (excluding diaryl/α,β-unsaturated/α-hetero) is 1. The Hall–Kier alpha value is -1.65. The number of hydrogen-bond donors (Lipinski definition) is 0. The van der Waals surface area contributed by atoms with E-state index in [9.17, 15) is 4.79 Å². The summed E-state index contributed by atoms with van der Waals surface area (Å²) in [4.78, 5) is 15.5. The molecule has 25 heavy (non-hydrogen) atoms. The van der Waals surface area contributed by atoms with Crippen molar-refractivity contribution in [2.24, 2.45) is 17.8 Å². The van der Waals surface area contributed by atoms with Gasteiger partial charge in [0.1, 0.15) is 6.10 Å². The predicted molar refractivity (Wildman–Crippen MR) is 96.7 cm³/mol. The van der Waals surface area contributed by atoms with Gasteiger partial charge in [-0.3, -0.25) is 9.69 Å². The van der Waals surface area contributed by atoms with Crippen molar-refractivity contribution in [3.63, 3.8) is 0 Å². The highest BCUT2D eigenvalue weighted by Gasteiger charge is 2.48. The molecule has 2 aliphatic heterocycles. The van der Waals surface area contributed by atoms with E-state index in [-0.39, 0.29) is 29.8 Å². The maximum Gasteiger partial charge on any atom is 0.173 e. The second kappa shape index (κ2) is 6.93. The minimum absolute atomic E-state index is 0.0379. The van der Waals surface area contributed by atoms with Crippen LogP contribution in [0.15, 0.2) is 36.6 Å². The van der Waals surface area contributed by atoms with Crippen molar-refractivity contribution in [3.8, 4) is 0 Å². The van der Waals surface area contributed by atoms with Gasteiger partial charge in [-0.25, -0.2) is 0 Å². The Labute approximate surface area is 149 Å². The summed E-state index contributed by atoms with van der Waals surface area (Å²) in [6.07, 6.45) is 3.69. The van der Waals surface area contributed by atoms with Crippen LogP contribution < -0.4 is 0 Å². The molecule has 134 valence electrons. The number of ether oxygens (including phenoxy) is 2. The zero-order chi connectivity index (χ0) is 17.4. The zero-order valence-electron chi connectivity index (χ0n) is 15.1. The van der Waals surface area contributed by atoms with Crippen LogP contribution in [-0.2, 0) is 14.3 Å². The molecule has 1 saturated heterocycles. The lowest BCUT2D eigenvalue weighted by molar-refractivity contribution is -0.171. The highest BCUT2D eigenvalue weighted by Crippen LogP contribution is 2.41. The number of carbonyl (C=O) groups is 1. The van der Waals surface area contributed by atoms with Crippen LogP contribution in [0.1, 0.15) is 32.3 Å². The molecule has 1 saturated carbocycles. The number of nitrogens with zero attached hydrogens (tertiary/aromatic N) is 1. The topological polar surface area (TPSA) is 38.8 Å². The lowest BCUT2D eigenvalue weighted by atomic mass is 9.71. The molecule has 4 heteroatoms. The molecule has 0 radical (unpaired) electrons. The maximum absolute atomic E-state index is 13.1. The summed E-state index contributed by atoms with van der Waals surface area (Å²) in [5.41, 5.74) is 1.67. The summed E-state index contributed by atoms with van der Waals surface area (Å²) in [5, 5.41) is 0.